The summed E-state index contributed by atoms with van der Waals surface area (Å²) in [4.78, 5) is 11.0. The number of carbonyl (C=O) groups excluding carboxylic acids is 1. The minimum absolute atomic E-state index is 0.271. The summed E-state index contributed by atoms with van der Waals surface area (Å²) < 4.78 is 5.41. The molecule has 0 aromatic carbocycles. The molecule has 0 atom stereocenters. The second kappa shape index (κ2) is 5.38. The van der Waals surface area contributed by atoms with Crippen molar-refractivity contribution < 1.29 is 9.53 Å². The Bertz CT molecular complexity index is 202. The average Bonchev–Trinajstić information content (AvgIpc) is 1.99. The number of carbonyl (C=O) groups is 1. The largest absolute Gasteiger partial charge is 0.443 e. The zero-order valence-corrected chi connectivity index (χ0v) is 10.8. The van der Waals surface area contributed by atoms with E-state index >= 15 is 0 Å². The van der Waals surface area contributed by atoms with Crippen LogP contribution in [-0.2, 0) is 4.74 Å². The monoisotopic (exact) mass is 215 g/mol. The second-order valence-corrected chi connectivity index (χ2v) is 5.28. The average molecular weight is 215 g/mol. The van der Waals surface area contributed by atoms with Gasteiger partial charge in [-0.15, -0.1) is 0 Å². The van der Waals surface area contributed by atoms with Crippen molar-refractivity contribution in [1.29, 1.82) is 0 Å². The molecule has 0 radical (unpaired) electrons. The van der Waals surface area contributed by atoms with Gasteiger partial charge in [-0.3, -0.25) is 0 Å². The van der Waals surface area contributed by atoms with Gasteiger partial charge in [0.05, 0.1) is 0 Å². The van der Waals surface area contributed by atoms with E-state index in [1.807, 2.05) is 0 Å². The molecule has 0 unspecified atom stereocenters. The van der Waals surface area contributed by atoms with Gasteiger partial charge in [-0.05, 0) is 24.2 Å². The molecular weight excluding hydrogens is 190 g/mol. The molecule has 0 aliphatic carbocycles. The lowest BCUT2D eigenvalue weighted by Gasteiger charge is -2.41. The number of ether oxygens (including phenoxy) is 1. The molecule has 90 valence electrons. The molecule has 0 aliphatic heterocycles. The number of primary amides is 1. The molecule has 0 aromatic heterocycles. The molecule has 0 heterocycles. The van der Waals surface area contributed by atoms with Crippen LogP contribution in [0.3, 0.4) is 0 Å². The maximum atomic E-state index is 11.0. The van der Waals surface area contributed by atoms with Gasteiger partial charge >= 0.3 is 6.09 Å². The first-order valence-electron chi connectivity index (χ1n) is 5.70. The summed E-state index contributed by atoms with van der Waals surface area (Å²) in [7, 11) is 0. The quantitative estimate of drug-likeness (QED) is 0.765. The van der Waals surface area contributed by atoms with E-state index in [0.29, 0.717) is 5.92 Å². The van der Waals surface area contributed by atoms with Crippen molar-refractivity contribution >= 4 is 6.09 Å². The van der Waals surface area contributed by atoms with Crippen molar-refractivity contribution in [2.45, 2.75) is 53.6 Å². The number of hydrogen-bond acceptors (Lipinski definition) is 2. The first-order valence-corrected chi connectivity index (χ1v) is 5.70. The third-order valence-corrected chi connectivity index (χ3v) is 2.97. The molecular formula is C12H25NO2. The third-order valence-electron chi connectivity index (χ3n) is 2.97. The molecule has 3 nitrogen and oxygen atoms in total. The number of rotatable bonds is 5. The first-order chi connectivity index (χ1) is 6.72. The summed E-state index contributed by atoms with van der Waals surface area (Å²) in [5.41, 5.74) is 4.74. The van der Waals surface area contributed by atoms with E-state index in [-0.39, 0.29) is 11.8 Å². The smallest absolute Gasteiger partial charge is 0.405 e. The van der Waals surface area contributed by atoms with Crippen molar-refractivity contribution in [1.82, 2.24) is 0 Å². The minimum atomic E-state index is -0.668. The lowest BCUT2D eigenvalue weighted by molar-refractivity contribution is -0.0695. The Hall–Kier alpha value is -0.730. The zero-order chi connectivity index (χ0) is 12.2. The predicted molar refractivity (Wildman–Crippen MR) is 62.5 cm³/mol. The van der Waals surface area contributed by atoms with Crippen LogP contribution < -0.4 is 5.73 Å². The van der Waals surface area contributed by atoms with Gasteiger partial charge in [-0.25, -0.2) is 4.79 Å². The highest BCUT2D eigenvalue weighted by Crippen LogP contribution is 2.36. The van der Waals surface area contributed by atoms with Gasteiger partial charge in [-0.1, -0.05) is 41.5 Å². The van der Waals surface area contributed by atoms with Crippen molar-refractivity contribution in [2.75, 3.05) is 0 Å². The van der Waals surface area contributed by atoms with Gasteiger partial charge < -0.3 is 10.5 Å². The summed E-state index contributed by atoms with van der Waals surface area (Å²) >= 11 is 0. The molecule has 2 N–H and O–H groups in total. The number of hydrogen-bond donors (Lipinski definition) is 1. The highest BCUT2D eigenvalue weighted by Gasteiger charge is 2.41. The summed E-state index contributed by atoms with van der Waals surface area (Å²) in [5, 5.41) is 0. The van der Waals surface area contributed by atoms with Crippen LogP contribution in [0.4, 0.5) is 4.79 Å². The van der Waals surface area contributed by atoms with Gasteiger partial charge in [0, 0.05) is 0 Å². The molecule has 15 heavy (non-hydrogen) atoms. The summed E-state index contributed by atoms with van der Waals surface area (Å²) in [6.45, 7) is 12.6. The van der Waals surface area contributed by atoms with Crippen LogP contribution in [0, 0.1) is 17.8 Å². The van der Waals surface area contributed by atoms with E-state index in [1.165, 1.54) is 0 Å². The SMILES string of the molecule is CC(C)CC(OC(N)=O)(C(C)C)C(C)C. The molecule has 0 rings (SSSR count). The molecule has 0 saturated heterocycles. The Labute approximate surface area is 93.4 Å². The summed E-state index contributed by atoms with van der Waals surface area (Å²) in [6.07, 6.45) is 0.184. The Kier molecular flexibility index (Phi) is 5.12. The van der Waals surface area contributed by atoms with Crippen LogP contribution in [0.1, 0.15) is 48.0 Å². The summed E-state index contributed by atoms with van der Waals surface area (Å²) in [5.74, 6) is 1.02. The molecule has 0 aromatic rings. The van der Waals surface area contributed by atoms with Crippen LogP contribution in [0.2, 0.25) is 0 Å². The van der Waals surface area contributed by atoms with Crippen LogP contribution in [0.25, 0.3) is 0 Å². The van der Waals surface area contributed by atoms with Crippen molar-refractivity contribution in [2.24, 2.45) is 23.5 Å². The maximum Gasteiger partial charge on any atom is 0.405 e. The zero-order valence-electron chi connectivity index (χ0n) is 10.8. The normalized spacial score (nSPS) is 12.6. The Morgan fingerprint density at radius 1 is 1.13 bits per heavy atom. The fraction of sp³-hybridized carbons (Fsp3) is 0.917. The van der Waals surface area contributed by atoms with Crippen molar-refractivity contribution in [3.63, 3.8) is 0 Å². The van der Waals surface area contributed by atoms with E-state index < -0.39 is 11.7 Å². The Morgan fingerprint density at radius 2 is 1.53 bits per heavy atom. The molecule has 0 spiro atoms. The molecule has 1 amide bonds. The predicted octanol–water partition coefficient (Wildman–Crippen LogP) is 3.18. The van der Waals surface area contributed by atoms with Gasteiger partial charge in [0.2, 0.25) is 0 Å². The van der Waals surface area contributed by atoms with E-state index in [4.69, 9.17) is 10.5 Å². The lowest BCUT2D eigenvalue weighted by Crippen LogP contribution is -2.47. The van der Waals surface area contributed by atoms with Crippen molar-refractivity contribution in [3.8, 4) is 0 Å². The van der Waals surface area contributed by atoms with E-state index in [9.17, 15) is 4.79 Å². The number of nitrogens with two attached hydrogens (primary N) is 1. The summed E-state index contributed by atoms with van der Waals surface area (Å²) in [6, 6.07) is 0. The van der Waals surface area contributed by atoms with Crippen LogP contribution in [-0.4, -0.2) is 11.7 Å². The van der Waals surface area contributed by atoms with Gasteiger partial charge in [-0.2, -0.15) is 0 Å². The van der Waals surface area contributed by atoms with Gasteiger partial charge in [0.15, 0.2) is 0 Å². The van der Waals surface area contributed by atoms with E-state index in [0.717, 1.165) is 6.42 Å². The van der Waals surface area contributed by atoms with E-state index in [2.05, 4.69) is 41.5 Å². The van der Waals surface area contributed by atoms with Crippen LogP contribution >= 0.6 is 0 Å². The molecule has 0 bridgehead atoms. The second-order valence-electron chi connectivity index (χ2n) is 5.28. The fourth-order valence-corrected chi connectivity index (χ4v) is 2.24. The van der Waals surface area contributed by atoms with E-state index in [1.54, 1.807) is 0 Å². The first kappa shape index (κ1) is 14.3. The van der Waals surface area contributed by atoms with Crippen molar-refractivity contribution in [3.05, 3.63) is 0 Å². The number of amides is 1. The lowest BCUT2D eigenvalue weighted by atomic mass is 9.75. The minimum Gasteiger partial charge on any atom is -0.443 e. The molecule has 0 saturated carbocycles. The third kappa shape index (κ3) is 3.73. The highest BCUT2D eigenvalue weighted by molar-refractivity contribution is 5.65. The van der Waals surface area contributed by atoms with Gasteiger partial charge in [0.25, 0.3) is 0 Å². The molecule has 3 heteroatoms. The molecule has 0 aliphatic rings. The van der Waals surface area contributed by atoms with Gasteiger partial charge in [0.1, 0.15) is 5.60 Å². The van der Waals surface area contributed by atoms with Crippen LogP contribution in [0.15, 0.2) is 0 Å². The molecule has 0 fully saturated rings. The highest BCUT2D eigenvalue weighted by atomic mass is 16.6. The Morgan fingerprint density at radius 3 is 1.73 bits per heavy atom. The standard InChI is InChI=1S/C12H25NO2/c1-8(2)7-12(9(3)4,10(5)6)15-11(13)14/h8-10H,7H2,1-6H3,(H2,13,14). The fourth-order valence-electron chi connectivity index (χ4n) is 2.24. The topological polar surface area (TPSA) is 52.3 Å². The Balaban J connectivity index is 4.98. The maximum absolute atomic E-state index is 11.0. The van der Waals surface area contributed by atoms with Crippen LogP contribution in [0.5, 0.6) is 0 Å².